The normalized spacial score (nSPS) is 24.7. The highest BCUT2D eigenvalue weighted by molar-refractivity contribution is 6.10. The summed E-state index contributed by atoms with van der Waals surface area (Å²) < 4.78 is 0. The van der Waals surface area contributed by atoms with Gasteiger partial charge in [0.1, 0.15) is 0 Å². The third-order valence-corrected chi connectivity index (χ3v) is 4.19. The van der Waals surface area contributed by atoms with Gasteiger partial charge in [-0.05, 0) is 49.8 Å². The number of aliphatic hydroxyl groups is 2. The molecule has 0 spiro atoms. The zero-order valence-electron chi connectivity index (χ0n) is 17.4. The van der Waals surface area contributed by atoms with Gasteiger partial charge in [-0.25, -0.2) is 4.79 Å². The summed E-state index contributed by atoms with van der Waals surface area (Å²) in [4.78, 5) is 36.3. The molecule has 0 fully saturated rings. The molecular weight excluding hydrogens is 396 g/mol. The van der Waals surface area contributed by atoms with E-state index in [2.05, 4.69) is 0 Å². The molecule has 0 saturated heterocycles. The molecule has 1 aliphatic rings. The Kier molecular flexibility index (Phi) is 9.98. The van der Waals surface area contributed by atoms with Crippen molar-refractivity contribution in [3.63, 3.8) is 0 Å². The Bertz CT molecular complexity index is 952. The van der Waals surface area contributed by atoms with Gasteiger partial charge < -0.3 is 15.3 Å². The highest BCUT2D eigenvalue weighted by atomic mass is 16.4. The van der Waals surface area contributed by atoms with E-state index in [0.717, 1.165) is 36.5 Å². The highest BCUT2D eigenvalue weighted by Crippen LogP contribution is 2.34. The van der Waals surface area contributed by atoms with Crippen LogP contribution in [0.2, 0.25) is 0 Å². The van der Waals surface area contributed by atoms with Crippen LogP contribution in [-0.2, 0) is 14.4 Å². The van der Waals surface area contributed by atoms with E-state index >= 15 is 0 Å². The number of carbonyl (C=O) groups is 3. The van der Waals surface area contributed by atoms with Gasteiger partial charge in [0.2, 0.25) is 0 Å². The zero-order chi connectivity index (χ0) is 23.3. The molecule has 6 heteroatoms. The molecule has 0 saturated carbocycles. The van der Waals surface area contributed by atoms with Gasteiger partial charge in [-0.3, -0.25) is 9.59 Å². The highest BCUT2D eigenvalue weighted by Gasteiger charge is 2.56. The lowest BCUT2D eigenvalue weighted by molar-refractivity contribution is -0.158. The summed E-state index contributed by atoms with van der Waals surface area (Å²) in [5.74, 6) is -3.09. The van der Waals surface area contributed by atoms with E-state index in [9.17, 15) is 24.6 Å². The van der Waals surface area contributed by atoms with Crippen molar-refractivity contribution in [1.29, 1.82) is 0 Å². The number of hydrogen-bond acceptors (Lipinski definition) is 5. The smallest absolute Gasteiger partial charge is 0.328 e. The number of ketones is 2. The second-order valence-corrected chi connectivity index (χ2v) is 6.45. The molecule has 2 atom stereocenters. The first-order valence-electron chi connectivity index (χ1n) is 9.50. The third kappa shape index (κ3) is 6.99. The zero-order valence-corrected chi connectivity index (χ0v) is 17.4. The number of carboxylic acids is 1. The summed E-state index contributed by atoms with van der Waals surface area (Å²) in [6.45, 7) is 3.64. The SMILES string of the molecule is CC=CC=CC=CC(=O)C1(O)C=CC(/C=C/C(=O)O)=CC1(O)C(=O)C=CC=CC=CC. The summed E-state index contributed by atoms with van der Waals surface area (Å²) in [5.41, 5.74) is -5.07. The van der Waals surface area contributed by atoms with Crippen molar-refractivity contribution in [2.45, 2.75) is 25.0 Å². The van der Waals surface area contributed by atoms with Gasteiger partial charge in [0.15, 0.2) is 22.8 Å². The van der Waals surface area contributed by atoms with Gasteiger partial charge in [0, 0.05) is 6.08 Å². The summed E-state index contributed by atoms with van der Waals surface area (Å²) in [5, 5.41) is 31.0. The lowest BCUT2D eigenvalue weighted by Gasteiger charge is -2.38. The largest absolute Gasteiger partial charge is 0.478 e. The molecule has 1 rings (SSSR count). The predicted molar refractivity (Wildman–Crippen MR) is 120 cm³/mol. The van der Waals surface area contributed by atoms with Crippen molar-refractivity contribution >= 4 is 17.5 Å². The molecule has 0 aromatic carbocycles. The second kappa shape index (κ2) is 12.2. The number of hydrogen-bond donors (Lipinski definition) is 3. The molecule has 2 unspecified atom stereocenters. The summed E-state index contributed by atoms with van der Waals surface area (Å²) in [7, 11) is 0. The van der Waals surface area contributed by atoms with E-state index < -0.39 is 28.7 Å². The van der Waals surface area contributed by atoms with E-state index in [-0.39, 0.29) is 5.57 Å². The molecule has 0 radical (unpaired) electrons. The average Bonchev–Trinajstić information content (AvgIpc) is 2.73. The Balaban J connectivity index is 3.37. The summed E-state index contributed by atoms with van der Waals surface area (Å²) in [6.07, 6.45) is 23.4. The second-order valence-electron chi connectivity index (χ2n) is 6.45. The summed E-state index contributed by atoms with van der Waals surface area (Å²) in [6, 6.07) is 0. The standard InChI is InChI=1S/C25H26O6/c1-3-5-7-9-11-13-21(26)24(30)18-17-20(15-16-23(28)29)19-25(24,31)22(27)14-12-10-8-6-4-2/h3-19,30-31H,1-2H3,(H,28,29)/b5-3?,6-4?,9-7?,10-8?,13-11?,14-12?,16-15+. The quantitative estimate of drug-likeness (QED) is 0.368. The van der Waals surface area contributed by atoms with Gasteiger partial charge in [-0.1, -0.05) is 66.8 Å². The first-order valence-corrected chi connectivity index (χ1v) is 9.50. The van der Waals surface area contributed by atoms with E-state index in [1.165, 1.54) is 18.2 Å². The van der Waals surface area contributed by atoms with E-state index in [1.807, 2.05) is 13.8 Å². The van der Waals surface area contributed by atoms with Crippen LogP contribution in [0.5, 0.6) is 0 Å². The number of carboxylic acid groups (broad SMARTS) is 1. The Labute approximate surface area is 181 Å². The topological polar surface area (TPSA) is 112 Å². The molecular formula is C25H26O6. The maximum Gasteiger partial charge on any atom is 0.328 e. The van der Waals surface area contributed by atoms with E-state index in [0.29, 0.717) is 0 Å². The third-order valence-electron chi connectivity index (χ3n) is 4.19. The maximum absolute atomic E-state index is 12.8. The van der Waals surface area contributed by atoms with Crippen LogP contribution in [-0.4, -0.2) is 44.1 Å². The van der Waals surface area contributed by atoms with Crippen LogP contribution in [0.3, 0.4) is 0 Å². The number of allylic oxidation sites excluding steroid dienone is 13. The molecule has 6 nitrogen and oxygen atoms in total. The van der Waals surface area contributed by atoms with Crippen molar-refractivity contribution in [3.05, 3.63) is 109 Å². The Morgan fingerprint density at radius 2 is 1.23 bits per heavy atom. The molecule has 0 amide bonds. The fourth-order valence-corrected chi connectivity index (χ4v) is 2.56. The Morgan fingerprint density at radius 3 is 1.71 bits per heavy atom. The summed E-state index contributed by atoms with van der Waals surface area (Å²) >= 11 is 0. The van der Waals surface area contributed by atoms with Gasteiger partial charge in [-0.15, -0.1) is 0 Å². The van der Waals surface area contributed by atoms with E-state index in [4.69, 9.17) is 5.11 Å². The predicted octanol–water partition coefficient (Wildman–Crippen LogP) is 3.10. The van der Waals surface area contributed by atoms with Crippen molar-refractivity contribution < 1.29 is 29.7 Å². The van der Waals surface area contributed by atoms with Crippen LogP contribution in [0.1, 0.15) is 13.8 Å². The molecule has 3 N–H and O–H groups in total. The molecule has 0 aromatic heterocycles. The molecule has 0 aliphatic heterocycles. The number of carbonyl (C=O) groups excluding carboxylic acids is 2. The van der Waals surface area contributed by atoms with Gasteiger partial charge in [0.25, 0.3) is 0 Å². The lowest BCUT2D eigenvalue weighted by Crippen LogP contribution is -2.61. The van der Waals surface area contributed by atoms with Crippen LogP contribution in [0, 0.1) is 0 Å². The molecule has 1 aliphatic carbocycles. The molecule has 0 aromatic rings. The Morgan fingerprint density at radius 1 is 0.742 bits per heavy atom. The van der Waals surface area contributed by atoms with Crippen LogP contribution < -0.4 is 0 Å². The number of rotatable bonds is 10. The minimum absolute atomic E-state index is 0.144. The van der Waals surface area contributed by atoms with Gasteiger partial charge in [-0.2, -0.15) is 0 Å². The fraction of sp³-hybridized carbons (Fsp3) is 0.160. The van der Waals surface area contributed by atoms with Crippen LogP contribution in [0.15, 0.2) is 109 Å². The lowest BCUT2D eigenvalue weighted by atomic mass is 9.72. The molecule has 0 heterocycles. The van der Waals surface area contributed by atoms with Gasteiger partial charge in [0.05, 0.1) is 0 Å². The molecule has 162 valence electrons. The molecule has 31 heavy (non-hydrogen) atoms. The van der Waals surface area contributed by atoms with Crippen LogP contribution in [0.25, 0.3) is 0 Å². The van der Waals surface area contributed by atoms with Crippen molar-refractivity contribution in [3.8, 4) is 0 Å². The first kappa shape index (κ1) is 25.4. The minimum atomic E-state index is -2.64. The average molecular weight is 422 g/mol. The maximum atomic E-state index is 12.8. The van der Waals surface area contributed by atoms with Gasteiger partial charge >= 0.3 is 5.97 Å². The van der Waals surface area contributed by atoms with Crippen LogP contribution >= 0.6 is 0 Å². The minimum Gasteiger partial charge on any atom is -0.478 e. The number of aliphatic carboxylic acids is 1. The monoisotopic (exact) mass is 422 g/mol. The van der Waals surface area contributed by atoms with Crippen molar-refractivity contribution in [1.82, 2.24) is 0 Å². The Hall–Kier alpha value is -3.61. The van der Waals surface area contributed by atoms with Crippen molar-refractivity contribution in [2.75, 3.05) is 0 Å². The van der Waals surface area contributed by atoms with Crippen molar-refractivity contribution in [2.24, 2.45) is 0 Å². The fourth-order valence-electron chi connectivity index (χ4n) is 2.56. The van der Waals surface area contributed by atoms with E-state index in [1.54, 1.807) is 48.6 Å². The first-order chi connectivity index (χ1) is 14.7. The van der Waals surface area contributed by atoms with Crippen LogP contribution in [0.4, 0.5) is 0 Å². The molecule has 0 bridgehead atoms.